The van der Waals surface area contributed by atoms with Crippen LogP contribution in [0.5, 0.6) is 0 Å². The molecular formula is C9H20O2. The Bertz CT molecular complexity index is 66.0. The van der Waals surface area contributed by atoms with Gasteiger partial charge in [-0.2, -0.15) is 0 Å². The van der Waals surface area contributed by atoms with Crippen LogP contribution in [-0.4, -0.2) is 18.5 Å². The SMILES string of the molecule is CCCCC(CC)COCO. The molecule has 1 unspecified atom stereocenters. The molecule has 0 amide bonds. The summed E-state index contributed by atoms with van der Waals surface area (Å²) in [7, 11) is 0. The van der Waals surface area contributed by atoms with Crippen LogP contribution in [0.4, 0.5) is 0 Å². The number of aliphatic hydroxyl groups is 1. The Kier molecular flexibility index (Phi) is 7.96. The molecule has 1 atom stereocenters. The third-order valence-corrected chi connectivity index (χ3v) is 1.99. The minimum atomic E-state index is -0.136. The Morgan fingerprint density at radius 2 is 2.09 bits per heavy atom. The number of ether oxygens (including phenoxy) is 1. The summed E-state index contributed by atoms with van der Waals surface area (Å²) in [5, 5.41) is 8.41. The van der Waals surface area contributed by atoms with Gasteiger partial charge in [-0.3, -0.25) is 0 Å². The normalized spacial score (nSPS) is 13.4. The molecule has 0 fully saturated rings. The quantitative estimate of drug-likeness (QED) is 0.578. The highest BCUT2D eigenvalue weighted by Gasteiger charge is 2.04. The molecular weight excluding hydrogens is 140 g/mol. The molecule has 0 aromatic heterocycles. The average molecular weight is 160 g/mol. The lowest BCUT2D eigenvalue weighted by atomic mass is 10.0. The lowest BCUT2D eigenvalue weighted by Crippen LogP contribution is -2.09. The molecule has 0 spiro atoms. The van der Waals surface area contributed by atoms with Crippen molar-refractivity contribution in [2.45, 2.75) is 39.5 Å². The summed E-state index contributed by atoms with van der Waals surface area (Å²) in [6, 6.07) is 0. The summed E-state index contributed by atoms with van der Waals surface area (Å²) in [6.45, 7) is 4.94. The van der Waals surface area contributed by atoms with Crippen LogP contribution in [-0.2, 0) is 4.74 Å². The topological polar surface area (TPSA) is 29.5 Å². The Morgan fingerprint density at radius 1 is 1.36 bits per heavy atom. The van der Waals surface area contributed by atoms with Crippen molar-refractivity contribution in [1.29, 1.82) is 0 Å². The summed E-state index contributed by atoms with van der Waals surface area (Å²) >= 11 is 0. The van der Waals surface area contributed by atoms with Gasteiger partial charge < -0.3 is 9.84 Å². The molecule has 0 rings (SSSR count). The second kappa shape index (κ2) is 8.02. The molecule has 0 saturated carbocycles. The second-order valence-corrected chi connectivity index (χ2v) is 2.92. The maximum Gasteiger partial charge on any atom is 0.143 e. The monoisotopic (exact) mass is 160 g/mol. The summed E-state index contributed by atoms with van der Waals surface area (Å²) in [6.07, 6.45) is 4.90. The van der Waals surface area contributed by atoms with Crippen molar-refractivity contribution in [1.82, 2.24) is 0 Å². The Labute approximate surface area is 69.6 Å². The zero-order valence-corrected chi connectivity index (χ0v) is 7.68. The highest BCUT2D eigenvalue weighted by molar-refractivity contribution is 4.54. The van der Waals surface area contributed by atoms with E-state index >= 15 is 0 Å². The Morgan fingerprint density at radius 3 is 2.55 bits per heavy atom. The van der Waals surface area contributed by atoms with Gasteiger partial charge in [0.15, 0.2) is 0 Å². The first kappa shape index (κ1) is 10.9. The van der Waals surface area contributed by atoms with Gasteiger partial charge in [-0.05, 0) is 12.3 Å². The summed E-state index contributed by atoms with van der Waals surface area (Å²) in [5.41, 5.74) is 0. The molecule has 0 aromatic carbocycles. The van der Waals surface area contributed by atoms with Crippen molar-refractivity contribution in [3.8, 4) is 0 Å². The smallest absolute Gasteiger partial charge is 0.143 e. The van der Waals surface area contributed by atoms with Crippen molar-refractivity contribution in [3.63, 3.8) is 0 Å². The third-order valence-electron chi connectivity index (χ3n) is 1.99. The molecule has 0 aliphatic carbocycles. The second-order valence-electron chi connectivity index (χ2n) is 2.92. The van der Waals surface area contributed by atoms with Gasteiger partial charge in [-0.15, -0.1) is 0 Å². The Balaban J connectivity index is 3.25. The highest BCUT2D eigenvalue weighted by Crippen LogP contribution is 2.12. The molecule has 1 N–H and O–H groups in total. The molecule has 0 heterocycles. The minimum Gasteiger partial charge on any atom is -0.371 e. The van der Waals surface area contributed by atoms with E-state index in [1.165, 1.54) is 19.3 Å². The van der Waals surface area contributed by atoms with Gasteiger partial charge in [-0.25, -0.2) is 0 Å². The highest BCUT2D eigenvalue weighted by atomic mass is 16.6. The van der Waals surface area contributed by atoms with Gasteiger partial charge in [0.25, 0.3) is 0 Å². The largest absolute Gasteiger partial charge is 0.371 e. The standard InChI is InChI=1S/C9H20O2/c1-3-5-6-9(4-2)7-11-8-10/h9-10H,3-8H2,1-2H3. The van der Waals surface area contributed by atoms with E-state index in [2.05, 4.69) is 13.8 Å². The van der Waals surface area contributed by atoms with Crippen molar-refractivity contribution in [2.75, 3.05) is 13.4 Å². The predicted octanol–water partition coefficient (Wildman–Crippen LogP) is 2.17. The number of aliphatic hydroxyl groups excluding tert-OH is 1. The maximum absolute atomic E-state index is 8.41. The fourth-order valence-corrected chi connectivity index (χ4v) is 1.12. The predicted molar refractivity (Wildman–Crippen MR) is 46.3 cm³/mol. The van der Waals surface area contributed by atoms with Crippen molar-refractivity contribution >= 4 is 0 Å². The molecule has 11 heavy (non-hydrogen) atoms. The first-order valence-corrected chi connectivity index (χ1v) is 4.53. The number of rotatable bonds is 7. The molecule has 0 saturated heterocycles. The molecule has 0 radical (unpaired) electrons. The molecule has 0 aromatic rings. The van der Waals surface area contributed by atoms with Gasteiger partial charge in [-0.1, -0.05) is 33.1 Å². The fraction of sp³-hybridized carbons (Fsp3) is 1.00. The van der Waals surface area contributed by atoms with Crippen LogP contribution in [0, 0.1) is 5.92 Å². The van der Waals surface area contributed by atoms with Crippen LogP contribution in [0.15, 0.2) is 0 Å². The average Bonchev–Trinajstić information content (AvgIpc) is 2.05. The van der Waals surface area contributed by atoms with Crippen LogP contribution in [0.1, 0.15) is 39.5 Å². The van der Waals surface area contributed by atoms with Gasteiger partial charge in [0.05, 0.1) is 6.61 Å². The van der Waals surface area contributed by atoms with E-state index in [9.17, 15) is 0 Å². The summed E-state index contributed by atoms with van der Waals surface area (Å²) in [5.74, 6) is 0.641. The summed E-state index contributed by atoms with van der Waals surface area (Å²) < 4.78 is 4.94. The van der Waals surface area contributed by atoms with Crippen LogP contribution in [0.25, 0.3) is 0 Å². The van der Waals surface area contributed by atoms with Crippen LogP contribution >= 0.6 is 0 Å². The zero-order valence-electron chi connectivity index (χ0n) is 7.68. The first-order valence-electron chi connectivity index (χ1n) is 4.53. The number of hydrogen-bond acceptors (Lipinski definition) is 2. The third kappa shape index (κ3) is 6.32. The number of hydrogen-bond donors (Lipinski definition) is 1. The molecule has 2 nitrogen and oxygen atoms in total. The van der Waals surface area contributed by atoms with E-state index < -0.39 is 0 Å². The van der Waals surface area contributed by atoms with Gasteiger partial charge in [0.1, 0.15) is 6.79 Å². The van der Waals surface area contributed by atoms with E-state index in [-0.39, 0.29) is 6.79 Å². The van der Waals surface area contributed by atoms with E-state index in [1.807, 2.05) is 0 Å². The van der Waals surface area contributed by atoms with E-state index in [4.69, 9.17) is 9.84 Å². The van der Waals surface area contributed by atoms with E-state index in [0.717, 1.165) is 6.42 Å². The van der Waals surface area contributed by atoms with E-state index in [0.29, 0.717) is 12.5 Å². The lowest BCUT2D eigenvalue weighted by Gasteiger charge is -2.12. The Hall–Kier alpha value is -0.0800. The van der Waals surface area contributed by atoms with Crippen LogP contribution < -0.4 is 0 Å². The summed E-state index contributed by atoms with van der Waals surface area (Å²) in [4.78, 5) is 0. The maximum atomic E-state index is 8.41. The fourth-order valence-electron chi connectivity index (χ4n) is 1.12. The molecule has 0 bridgehead atoms. The molecule has 2 heteroatoms. The van der Waals surface area contributed by atoms with Crippen LogP contribution in [0.2, 0.25) is 0 Å². The molecule has 0 aliphatic rings. The molecule has 68 valence electrons. The number of unbranched alkanes of at least 4 members (excludes halogenated alkanes) is 1. The van der Waals surface area contributed by atoms with Crippen molar-refractivity contribution in [2.24, 2.45) is 5.92 Å². The van der Waals surface area contributed by atoms with Gasteiger partial charge in [0, 0.05) is 0 Å². The van der Waals surface area contributed by atoms with E-state index in [1.54, 1.807) is 0 Å². The van der Waals surface area contributed by atoms with Crippen molar-refractivity contribution in [3.05, 3.63) is 0 Å². The minimum absolute atomic E-state index is 0.136. The zero-order chi connectivity index (χ0) is 8.53. The van der Waals surface area contributed by atoms with Crippen molar-refractivity contribution < 1.29 is 9.84 Å². The lowest BCUT2D eigenvalue weighted by molar-refractivity contribution is -0.0193. The van der Waals surface area contributed by atoms with Gasteiger partial charge >= 0.3 is 0 Å². The van der Waals surface area contributed by atoms with Gasteiger partial charge in [0.2, 0.25) is 0 Å². The first-order chi connectivity index (χ1) is 5.35. The molecule has 0 aliphatic heterocycles. The van der Waals surface area contributed by atoms with Crippen LogP contribution in [0.3, 0.4) is 0 Å².